The van der Waals surface area contributed by atoms with Gasteiger partial charge in [0.1, 0.15) is 11.5 Å². The molecular weight excluding hydrogens is 514 g/mol. The summed E-state index contributed by atoms with van der Waals surface area (Å²) in [5.74, 6) is 0.289. The minimum absolute atomic E-state index is 0.0882. The molecule has 8 heteroatoms. The molecule has 6 nitrogen and oxygen atoms in total. The van der Waals surface area contributed by atoms with E-state index in [1.807, 2.05) is 65.7 Å². The Labute approximate surface area is 209 Å². The standard InChI is InChI=1S/C26H20BrN3O3S/c1-32-19-10-7-16(8-11-19)13-24-26(28-25(31)34-24)30-22(20-14-18(27)9-12-23(20)33-26)15-21(29-30)17-5-3-2-4-6-17/h2-14,22H,15H2,1H3,(H,28,31)/b24-13-/t22-,26-/m0/s1. The van der Waals surface area contributed by atoms with Gasteiger partial charge in [0.15, 0.2) is 0 Å². The van der Waals surface area contributed by atoms with E-state index in [1.54, 1.807) is 7.11 Å². The third-order valence-corrected chi connectivity index (χ3v) is 7.55. The number of methoxy groups -OCH3 is 1. The first kappa shape index (κ1) is 21.3. The monoisotopic (exact) mass is 533 g/mol. The van der Waals surface area contributed by atoms with Crippen LogP contribution in [0.5, 0.6) is 11.5 Å². The van der Waals surface area contributed by atoms with E-state index < -0.39 is 5.85 Å². The fourth-order valence-corrected chi connectivity index (χ4v) is 5.83. The zero-order chi connectivity index (χ0) is 23.3. The van der Waals surface area contributed by atoms with Crippen LogP contribution in [0.15, 0.2) is 87.3 Å². The van der Waals surface area contributed by atoms with Crippen LogP contribution in [0.3, 0.4) is 0 Å². The molecule has 3 aromatic carbocycles. The van der Waals surface area contributed by atoms with Crippen LogP contribution in [-0.4, -0.2) is 28.9 Å². The number of nitrogens with zero attached hydrogens (tertiary/aromatic N) is 2. The Morgan fingerprint density at radius 3 is 2.74 bits per heavy atom. The molecule has 3 heterocycles. The van der Waals surface area contributed by atoms with Gasteiger partial charge in [-0.05, 0) is 59.3 Å². The van der Waals surface area contributed by atoms with Crippen LogP contribution in [0, 0.1) is 0 Å². The lowest BCUT2D eigenvalue weighted by atomic mass is 9.95. The van der Waals surface area contributed by atoms with Gasteiger partial charge in [0.2, 0.25) is 0 Å². The van der Waals surface area contributed by atoms with E-state index in [9.17, 15) is 4.79 Å². The summed E-state index contributed by atoms with van der Waals surface area (Å²) in [5, 5.41) is 9.83. The number of hydrazone groups is 1. The van der Waals surface area contributed by atoms with E-state index >= 15 is 0 Å². The highest BCUT2D eigenvalue weighted by atomic mass is 79.9. The molecule has 2 atom stereocenters. The molecule has 0 bridgehead atoms. The van der Waals surface area contributed by atoms with Gasteiger partial charge >= 0.3 is 5.85 Å². The van der Waals surface area contributed by atoms with Crippen LogP contribution in [0.2, 0.25) is 0 Å². The van der Waals surface area contributed by atoms with E-state index in [-0.39, 0.29) is 11.3 Å². The average Bonchev–Trinajstić information content (AvgIpc) is 3.44. The van der Waals surface area contributed by atoms with E-state index in [2.05, 4.69) is 39.4 Å². The van der Waals surface area contributed by atoms with Crippen molar-refractivity contribution in [2.75, 3.05) is 7.11 Å². The lowest BCUT2D eigenvalue weighted by Crippen LogP contribution is -2.61. The van der Waals surface area contributed by atoms with Crippen LogP contribution < -0.4 is 14.8 Å². The molecule has 1 fully saturated rings. The van der Waals surface area contributed by atoms with E-state index in [1.165, 1.54) is 0 Å². The summed E-state index contributed by atoms with van der Waals surface area (Å²) >= 11 is 4.73. The number of amides is 1. The summed E-state index contributed by atoms with van der Waals surface area (Å²) in [7, 11) is 1.64. The van der Waals surface area contributed by atoms with Crippen LogP contribution in [0.4, 0.5) is 4.79 Å². The van der Waals surface area contributed by atoms with Crippen LogP contribution in [0.25, 0.3) is 6.08 Å². The number of benzene rings is 3. The maximum Gasteiger partial charge on any atom is 0.314 e. The van der Waals surface area contributed by atoms with E-state index in [4.69, 9.17) is 14.6 Å². The molecule has 0 unspecified atom stereocenters. The van der Waals surface area contributed by atoms with Gasteiger partial charge in [0, 0.05) is 16.5 Å². The van der Waals surface area contributed by atoms with Crippen molar-refractivity contribution in [2.24, 2.45) is 5.10 Å². The molecule has 1 saturated heterocycles. The van der Waals surface area contributed by atoms with Gasteiger partial charge in [-0.1, -0.05) is 58.4 Å². The summed E-state index contributed by atoms with van der Waals surface area (Å²) in [4.78, 5) is 13.5. The summed E-state index contributed by atoms with van der Waals surface area (Å²) < 4.78 is 12.8. The van der Waals surface area contributed by atoms with Crippen LogP contribution in [0.1, 0.15) is 29.2 Å². The molecule has 1 amide bonds. The van der Waals surface area contributed by atoms with Gasteiger partial charge in [-0.3, -0.25) is 10.1 Å². The molecular formula is C26H20BrN3O3S. The second kappa shape index (κ2) is 8.21. The predicted molar refractivity (Wildman–Crippen MR) is 137 cm³/mol. The Hall–Kier alpha value is -3.23. The lowest BCUT2D eigenvalue weighted by molar-refractivity contribution is -0.0949. The number of carbonyl (C=O) groups is 1. The van der Waals surface area contributed by atoms with Crippen molar-refractivity contribution >= 4 is 44.7 Å². The number of hydrogen-bond acceptors (Lipinski definition) is 6. The third kappa shape index (κ3) is 3.49. The number of hydrogen-bond donors (Lipinski definition) is 1. The highest BCUT2D eigenvalue weighted by Gasteiger charge is 2.58. The van der Waals surface area contributed by atoms with Gasteiger partial charge in [0.05, 0.1) is 23.8 Å². The number of rotatable bonds is 3. The van der Waals surface area contributed by atoms with Crippen molar-refractivity contribution < 1.29 is 14.3 Å². The van der Waals surface area contributed by atoms with Crippen molar-refractivity contribution in [3.05, 3.63) is 98.9 Å². The summed E-state index contributed by atoms with van der Waals surface area (Å²) in [6.07, 6.45) is 2.67. The average molecular weight is 534 g/mol. The van der Waals surface area contributed by atoms with Crippen LogP contribution >= 0.6 is 27.7 Å². The molecule has 170 valence electrons. The van der Waals surface area contributed by atoms with Crippen molar-refractivity contribution in [1.29, 1.82) is 0 Å². The second-order valence-corrected chi connectivity index (χ2v) is 10.1. The number of thioether (sulfide) groups is 1. The lowest BCUT2D eigenvalue weighted by Gasteiger charge is -2.45. The number of fused-ring (bicyclic) bond motifs is 4. The smallest absolute Gasteiger partial charge is 0.314 e. The Kier molecular flexibility index (Phi) is 5.15. The highest BCUT2D eigenvalue weighted by molar-refractivity contribution is 9.10. The molecule has 6 rings (SSSR count). The minimum atomic E-state index is -1.22. The summed E-state index contributed by atoms with van der Waals surface area (Å²) in [6.45, 7) is 0. The van der Waals surface area contributed by atoms with Crippen molar-refractivity contribution in [1.82, 2.24) is 10.3 Å². The molecule has 3 aliphatic heterocycles. The Morgan fingerprint density at radius 2 is 1.97 bits per heavy atom. The maximum atomic E-state index is 12.8. The van der Waals surface area contributed by atoms with Crippen molar-refractivity contribution in [3.8, 4) is 11.5 Å². The molecule has 1 spiro atoms. The van der Waals surface area contributed by atoms with Gasteiger partial charge in [-0.15, -0.1) is 0 Å². The molecule has 0 saturated carbocycles. The zero-order valence-corrected chi connectivity index (χ0v) is 20.6. The van der Waals surface area contributed by atoms with Crippen LogP contribution in [-0.2, 0) is 0 Å². The van der Waals surface area contributed by atoms with Gasteiger partial charge < -0.3 is 9.47 Å². The second-order valence-electron chi connectivity index (χ2n) is 8.20. The molecule has 3 aromatic rings. The van der Waals surface area contributed by atoms with Gasteiger partial charge in [-0.2, -0.15) is 5.10 Å². The first-order valence-electron chi connectivity index (χ1n) is 10.8. The Bertz CT molecular complexity index is 1340. The molecule has 0 radical (unpaired) electrons. The normalized spacial score (nSPS) is 23.9. The summed E-state index contributed by atoms with van der Waals surface area (Å²) in [6, 6.07) is 23.7. The number of ether oxygens (including phenoxy) is 2. The molecule has 34 heavy (non-hydrogen) atoms. The first-order chi connectivity index (χ1) is 16.6. The van der Waals surface area contributed by atoms with Crippen molar-refractivity contribution in [3.63, 3.8) is 0 Å². The van der Waals surface area contributed by atoms with E-state index in [0.29, 0.717) is 6.42 Å². The van der Waals surface area contributed by atoms with Crippen molar-refractivity contribution in [2.45, 2.75) is 18.3 Å². The zero-order valence-electron chi connectivity index (χ0n) is 18.2. The highest BCUT2D eigenvalue weighted by Crippen LogP contribution is 2.53. The van der Waals surface area contributed by atoms with E-state index in [0.717, 1.165) is 55.0 Å². The van der Waals surface area contributed by atoms with Gasteiger partial charge in [-0.25, -0.2) is 5.01 Å². The quantitative estimate of drug-likeness (QED) is 0.437. The Morgan fingerprint density at radius 1 is 1.18 bits per heavy atom. The fourth-order valence-electron chi connectivity index (χ4n) is 4.55. The number of nitrogens with one attached hydrogen (secondary N) is 1. The molecule has 0 aliphatic carbocycles. The fraction of sp³-hybridized carbons (Fsp3) is 0.154. The number of carbonyl (C=O) groups excluding carboxylic acids is 1. The van der Waals surface area contributed by atoms with Gasteiger partial charge in [0.25, 0.3) is 5.24 Å². The molecule has 1 N–H and O–H groups in total. The first-order valence-corrected chi connectivity index (χ1v) is 12.4. The maximum absolute atomic E-state index is 12.8. The third-order valence-electron chi connectivity index (χ3n) is 6.15. The largest absolute Gasteiger partial charge is 0.497 e. The predicted octanol–water partition coefficient (Wildman–Crippen LogP) is 6.15. The Balaban J connectivity index is 1.50. The molecule has 3 aliphatic rings. The topological polar surface area (TPSA) is 63.2 Å². The SMILES string of the molecule is COc1ccc(/C=C2\SC(=O)N[C@@]23Oc2ccc(Br)cc2[C@@H]2CC(c4ccccc4)=NN23)cc1. The minimum Gasteiger partial charge on any atom is -0.497 e. The molecule has 0 aromatic heterocycles. The summed E-state index contributed by atoms with van der Waals surface area (Å²) in [5.41, 5.74) is 3.98. The number of halogens is 1.